The third kappa shape index (κ3) is 1.63. The summed E-state index contributed by atoms with van der Waals surface area (Å²) in [6.07, 6.45) is 4.22. The van der Waals surface area contributed by atoms with Crippen LogP contribution in [0, 0.1) is 0 Å². The summed E-state index contributed by atoms with van der Waals surface area (Å²) in [5.41, 5.74) is 0.409. The molecule has 2 fully saturated rings. The van der Waals surface area contributed by atoms with Gasteiger partial charge in [0.2, 0.25) is 0 Å². The summed E-state index contributed by atoms with van der Waals surface area (Å²) in [5, 5.41) is 0. The second-order valence-electron chi connectivity index (χ2n) is 3.94. The summed E-state index contributed by atoms with van der Waals surface area (Å²) >= 11 is 0. The molecule has 0 bridgehead atoms. The molecule has 5 heteroatoms. The number of epoxide rings is 1. The number of hydrogen-bond acceptors (Lipinski definition) is 4. The fraction of sp³-hybridized carbons (Fsp3) is 1.00. The molecule has 1 aliphatic carbocycles. The van der Waals surface area contributed by atoms with E-state index in [2.05, 4.69) is 0 Å². The van der Waals surface area contributed by atoms with Crippen LogP contribution >= 0.6 is 0 Å². The minimum absolute atomic E-state index is 0.409. The van der Waals surface area contributed by atoms with Crippen molar-refractivity contribution in [3.05, 3.63) is 0 Å². The number of ether oxygens (including phenoxy) is 1. The van der Waals surface area contributed by atoms with E-state index < -0.39 is 8.80 Å². The Morgan fingerprint density at radius 3 is 2.14 bits per heavy atom. The predicted octanol–water partition coefficient (Wildman–Crippen LogP) is 1.19. The van der Waals surface area contributed by atoms with Gasteiger partial charge < -0.3 is 18.0 Å². The van der Waals surface area contributed by atoms with Crippen LogP contribution in [0.3, 0.4) is 0 Å². The first kappa shape index (κ1) is 10.6. The third-order valence-corrected chi connectivity index (χ3v) is 6.59. The molecule has 2 aliphatic rings. The molecule has 14 heavy (non-hydrogen) atoms. The minimum Gasteiger partial charge on any atom is -0.377 e. The highest BCUT2D eigenvalue weighted by Crippen LogP contribution is 2.46. The van der Waals surface area contributed by atoms with Gasteiger partial charge in [0.25, 0.3) is 0 Å². The van der Waals surface area contributed by atoms with Crippen molar-refractivity contribution in [1.29, 1.82) is 0 Å². The maximum absolute atomic E-state index is 5.49. The Kier molecular flexibility index (Phi) is 2.95. The van der Waals surface area contributed by atoms with Gasteiger partial charge in [0.05, 0.1) is 12.2 Å². The fourth-order valence-corrected chi connectivity index (χ4v) is 5.02. The largest absolute Gasteiger partial charge is 0.503 e. The SMILES string of the molecule is CO[Si](OC)(OC)C1CCC2OC2C1. The van der Waals surface area contributed by atoms with Gasteiger partial charge in [-0.25, -0.2) is 0 Å². The quantitative estimate of drug-likeness (QED) is 0.525. The Labute approximate surface area is 85.9 Å². The van der Waals surface area contributed by atoms with Crippen LogP contribution in [-0.2, 0) is 18.0 Å². The summed E-state index contributed by atoms with van der Waals surface area (Å²) in [5.74, 6) is 0. The maximum Gasteiger partial charge on any atom is 0.503 e. The lowest BCUT2D eigenvalue weighted by molar-refractivity contribution is 0.106. The Bertz CT molecular complexity index is 199. The molecular weight excluding hydrogens is 200 g/mol. The van der Waals surface area contributed by atoms with Crippen LogP contribution in [0.2, 0.25) is 5.54 Å². The zero-order chi connectivity index (χ0) is 10.2. The number of hydrogen-bond donors (Lipinski definition) is 0. The van der Waals surface area contributed by atoms with Gasteiger partial charge in [-0.15, -0.1) is 0 Å². The molecule has 1 heterocycles. The molecule has 1 aliphatic heterocycles. The van der Waals surface area contributed by atoms with Gasteiger partial charge in [0.15, 0.2) is 0 Å². The lowest BCUT2D eigenvalue weighted by Gasteiger charge is -2.33. The van der Waals surface area contributed by atoms with Gasteiger partial charge in [-0.05, 0) is 19.3 Å². The Morgan fingerprint density at radius 1 is 1.00 bits per heavy atom. The smallest absolute Gasteiger partial charge is 0.377 e. The Hall–Kier alpha value is 0.0569. The second kappa shape index (κ2) is 3.90. The lowest BCUT2D eigenvalue weighted by Crippen LogP contribution is -2.48. The molecule has 82 valence electrons. The molecule has 0 radical (unpaired) electrons. The van der Waals surface area contributed by atoms with E-state index in [1.165, 1.54) is 0 Å². The van der Waals surface area contributed by atoms with Gasteiger partial charge in [0, 0.05) is 26.9 Å². The molecule has 0 aromatic carbocycles. The van der Waals surface area contributed by atoms with E-state index in [4.69, 9.17) is 18.0 Å². The highest BCUT2D eigenvalue weighted by atomic mass is 28.4. The van der Waals surface area contributed by atoms with Crippen molar-refractivity contribution in [2.24, 2.45) is 0 Å². The van der Waals surface area contributed by atoms with Gasteiger partial charge in [-0.1, -0.05) is 0 Å². The van der Waals surface area contributed by atoms with Crippen LogP contribution < -0.4 is 0 Å². The first-order valence-corrected chi connectivity index (χ1v) is 6.87. The third-order valence-electron chi connectivity index (χ3n) is 3.36. The molecule has 3 atom stereocenters. The Morgan fingerprint density at radius 2 is 1.64 bits per heavy atom. The average Bonchev–Trinajstić information content (AvgIpc) is 2.99. The van der Waals surface area contributed by atoms with E-state index >= 15 is 0 Å². The van der Waals surface area contributed by atoms with Crippen molar-refractivity contribution in [2.75, 3.05) is 21.3 Å². The first-order valence-electron chi connectivity index (χ1n) is 5.06. The molecule has 1 saturated carbocycles. The summed E-state index contributed by atoms with van der Waals surface area (Å²) < 4.78 is 21.9. The molecular formula is C9H18O4Si. The molecule has 0 spiro atoms. The molecule has 0 aromatic rings. The molecule has 0 N–H and O–H groups in total. The summed E-state index contributed by atoms with van der Waals surface area (Å²) in [6.45, 7) is 0. The number of fused-ring (bicyclic) bond motifs is 1. The van der Waals surface area contributed by atoms with Gasteiger partial charge in [0.1, 0.15) is 0 Å². The van der Waals surface area contributed by atoms with Crippen molar-refractivity contribution in [1.82, 2.24) is 0 Å². The van der Waals surface area contributed by atoms with E-state index in [1.807, 2.05) is 0 Å². The van der Waals surface area contributed by atoms with Crippen molar-refractivity contribution >= 4 is 8.80 Å². The molecule has 1 saturated heterocycles. The maximum atomic E-state index is 5.49. The first-order chi connectivity index (χ1) is 6.75. The van der Waals surface area contributed by atoms with Crippen LogP contribution in [0.5, 0.6) is 0 Å². The molecule has 0 amide bonds. The van der Waals surface area contributed by atoms with Crippen LogP contribution in [0.4, 0.5) is 0 Å². The van der Waals surface area contributed by atoms with Crippen molar-refractivity contribution in [3.8, 4) is 0 Å². The van der Waals surface area contributed by atoms with Crippen molar-refractivity contribution in [3.63, 3.8) is 0 Å². The zero-order valence-electron chi connectivity index (χ0n) is 8.99. The van der Waals surface area contributed by atoms with Gasteiger partial charge in [-0.3, -0.25) is 0 Å². The highest BCUT2D eigenvalue weighted by Gasteiger charge is 2.55. The number of rotatable bonds is 4. The molecule has 2 rings (SSSR count). The predicted molar refractivity (Wildman–Crippen MR) is 53.0 cm³/mol. The summed E-state index contributed by atoms with van der Waals surface area (Å²) in [6, 6.07) is 0. The standard InChI is InChI=1S/C9H18O4Si/c1-10-14(11-2,12-3)7-4-5-8-9(6-7)13-8/h7-9H,4-6H2,1-3H3. The second-order valence-corrected chi connectivity index (χ2v) is 7.19. The molecule has 4 nitrogen and oxygen atoms in total. The summed E-state index contributed by atoms with van der Waals surface area (Å²) in [7, 11) is 2.63. The van der Waals surface area contributed by atoms with E-state index in [1.54, 1.807) is 21.3 Å². The van der Waals surface area contributed by atoms with Crippen LogP contribution in [0.25, 0.3) is 0 Å². The Balaban J connectivity index is 2.02. The average molecular weight is 218 g/mol. The molecule has 0 aromatic heterocycles. The topological polar surface area (TPSA) is 40.2 Å². The van der Waals surface area contributed by atoms with Crippen molar-refractivity contribution in [2.45, 2.75) is 37.0 Å². The van der Waals surface area contributed by atoms with Crippen LogP contribution in [0.15, 0.2) is 0 Å². The minimum atomic E-state index is -2.41. The van der Waals surface area contributed by atoms with E-state index in [0.717, 1.165) is 19.3 Å². The van der Waals surface area contributed by atoms with Crippen molar-refractivity contribution < 1.29 is 18.0 Å². The lowest BCUT2D eigenvalue weighted by atomic mass is 10.0. The highest BCUT2D eigenvalue weighted by molar-refractivity contribution is 6.62. The fourth-order valence-electron chi connectivity index (χ4n) is 2.48. The summed E-state index contributed by atoms with van der Waals surface area (Å²) in [4.78, 5) is 0. The van der Waals surface area contributed by atoms with Crippen LogP contribution in [-0.4, -0.2) is 42.3 Å². The zero-order valence-corrected chi connectivity index (χ0v) is 9.99. The monoisotopic (exact) mass is 218 g/mol. The van der Waals surface area contributed by atoms with E-state index in [-0.39, 0.29) is 0 Å². The van der Waals surface area contributed by atoms with E-state index in [9.17, 15) is 0 Å². The van der Waals surface area contributed by atoms with Gasteiger partial charge >= 0.3 is 8.80 Å². The normalized spacial score (nSPS) is 36.6. The molecule has 3 unspecified atom stereocenters. The van der Waals surface area contributed by atoms with E-state index in [0.29, 0.717) is 17.7 Å². The van der Waals surface area contributed by atoms with Gasteiger partial charge in [-0.2, -0.15) is 0 Å². The van der Waals surface area contributed by atoms with Crippen LogP contribution in [0.1, 0.15) is 19.3 Å².